The molecule has 0 bridgehead atoms. The van der Waals surface area contributed by atoms with E-state index in [9.17, 15) is 19.5 Å². The van der Waals surface area contributed by atoms with Crippen molar-refractivity contribution in [3.63, 3.8) is 0 Å². The Morgan fingerprint density at radius 1 is 0.667 bits per heavy atom. The standard InChI is InChI=1S/C27H40O9/c1-2-27(13-32-24(29)16-3-7-19(28)8-4-16,14-33-25(30)17-5-9-20-22(11-17)35-20)15-34-26(31)18-6-10-21-23(12-18)36-21/h16-23,28H,2-15H2,1H3. The Morgan fingerprint density at radius 3 is 1.50 bits per heavy atom. The molecule has 5 fully saturated rings. The van der Waals surface area contributed by atoms with E-state index in [0.717, 1.165) is 25.7 Å². The molecule has 5 aliphatic rings. The van der Waals surface area contributed by atoms with Crippen molar-refractivity contribution in [3.8, 4) is 0 Å². The lowest BCUT2D eigenvalue weighted by Crippen LogP contribution is -2.41. The van der Waals surface area contributed by atoms with Gasteiger partial charge in [-0.3, -0.25) is 14.4 Å². The zero-order valence-electron chi connectivity index (χ0n) is 21.2. The number of aliphatic hydroxyl groups excluding tert-OH is 1. The van der Waals surface area contributed by atoms with E-state index < -0.39 is 5.41 Å². The molecule has 0 radical (unpaired) electrons. The Balaban J connectivity index is 1.17. The maximum atomic E-state index is 12.8. The smallest absolute Gasteiger partial charge is 0.309 e. The maximum absolute atomic E-state index is 12.8. The molecule has 3 saturated carbocycles. The van der Waals surface area contributed by atoms with Gasteiger partial charge in [-0.2, -0.15) is 0 Å². The van der Waals surface area contributed by atoms with Gasteiger partial charge in [-0.25, -0.2) is 0 Å². The number of hydrogen-bond donors (Lipinski definition) is 1. The van der Waals surface area contributed by atoms with Gasteiger partial charge >= 0.3 is 17.9 Å². The molecule has 1 N–H and O–H groups in total. The third-order valence-electron chi connectivity index (χ3n) is 9.02. The van der Waals surface area contributed by atoms with E-state index in [2.05, 4.69) is 0 Å². The third kappa shape index (κ3) is 6.22. The van der Waals surface area contributed by atoms with Gasteiger partial charge in [-0.15, -0.1) is 0 Å². The Hall–Kier alpha value is -1.71. The lowest BCUT2D eigenvalue weighted by molar-refractivity contribution is -0.168. The summed E-state index contributed by atoms with van der Waals surface area (Å²) in [6, 6.07) is 0. The van der Waals surface area contributed by atoms with Crippen LogP contribution in [0.25, 0.3) is 0 Å². The van der Waals surface area contributed by atoms with E-state index in [1.807, 2.05) is 6.92 Å². The van der Waals surface area contributed by atoms with E-state index in [-0.39, 0.29) is 73.8 Å². The van der Waals surface area contributed by atoms with E-state index in [1.54, 1.807) is 0 Å². The maximum Gasteiger partial charge on any atom is 0.309 e. The number of rotatable bonds is 10. The van der Waals surface area contributed by atoms with Gasteiger partial charge in [0.15, 0.2) is 0 Å². The summed E-state index contributed by atoms with van der Waals surface area (Å²) in [5.74, 6) is -1.43. The average Bonchev–Trinajstić information content (AvgIpc) is 3.82. The molecule has 6 unspecified atom stereocenters. The van der Waals surface area contributed by atoms with Gasteiger partial charge in [-0.05, 0) is 70.6 Å². The second-order valence-electron chi connectivity index (χ2n) is 11.6. The van der Waals surface area contributed by atoms with Gasteiger partial charge in [0.2, 0.25) is 0 Å². The zero-order valence-corrected chi connectivity index (χ0v) is 21.2. The van der Waals surface area contributed by atoms with E-state index in [0.29, 0.717) is 57.2 Å². The number of carbonyl (C=O) groups excluding carboxylic acids is 3. The van der Waals surface area contributed by atoms with Crippen molar-refractivity contribution in [2.75, 3.05) is 19.8 Å². The molecule has 3 aliphatic carbocycles. The molecule has 36 heavy (non-hydrogen) atoms. The van der Waals surface area contributed by atoms with Crippen molar-refractivity contribution < 1.29 is 43.2 Å². The van der Waals surface area contributed by atoms with Crippen molar-refractivity contribution in [1.29, 1.82) is 0 Å². The van der Waals surface area contributed by atoms with Crippen LogP contribution >= 0.6 is 0 Å². The first-order valence-electron chi connectivity index (χ1n) is 13.8. The minimum Gasteiger partial charge on any atom is -0.465 e. The van der Waals surface area contributed by atoms with Gasteiger partial charge in [0.1, 0.15) is 19.8 Å². The molecule has 0 aromatic carbocycles. The quantitative estimate of drug-likeness (QED) is 0.269. The summed E-state index contributed by atoms with van der Waals surface area (Å²) in [6.45, 7) is 1.99. The molecule has 202 valence electrons. The number of carbonyl (C=O) groups is 3. The first-order valence-corrected chi connectivity index (χ1v) is 13.8. The van der Waals surface area contributed by atoms with Gasteiger partial charge < -0.3 is 28.8 Å². The monoisotopic (exact) mass is 508 g/mol. The van der Waals surface area contributed by atoms with Crippen molar-refractivity contribution in [1.82, 2.24) is 0 Å². The molecule has 9 nitrogen and oxygen atoms in total. The molecule has 2 aliphatic heterocycles. The summed E-state index contributed by atoms with van der Waals surface area (Å²) in [5, 5.41) is 9.74. The molecular formula is C27H40O9. The summed E-state index contributed by atoms with van der Waals surface area (Å²) in [6.07, 6.45) is 8.13. The molecular weight excluding hydrogens is 468 g/mol. The number of hydrogen-bond acceptors (Lipinski definition) is 9. The van der Waals surface area contributed by atoms with Gasteiger partial charge in [0, 0.05) is 0 Å². The third-order valence-corrected chi connectivity index (χ3v) is 9.02. The van der Waals surface area contributed by atoms with Crippen LogP contribution in [0, 0.1) is 23.2 Å². The molecule has 2 saturated heterocycles. The Bertz CT molecular complexity index is 776. The van der Waals surface area contributed by atoms with Crippen LogP contribution in [-0.2, 0) is 38.1 Å². The van der Waals surface area contributed by atoms with Gasteiger partial charge in [0.25, 0.3) is 0 Å². The number of fused-ring (bicyclic) bond motifs is 2. The van der Waals surface area contributed by atoms with Crippen molar-refractivity contribution in [2.24, 2.45) is 23.2 Å². The summed E-state index contributed by atoms with van der Waals surface area (Å²) in [4.78, 5) is 38.4. The van der Waals surface area contributed by atoms with E-state index in [4.69, 9.17) is 23.7 Å². The zero-order chi connectivity index (χ0) is 25.3. The number of epoxide rings is 2. The predicted octanol–water partition coefficient (Wildman–Crippen LogP) is 2.70. The minimum atomic E-state index is -0.810. The fraction of sp³-hybridized carbons (Fsp3) is 0.889. The van der Waals surface area contributed by atoms with Crippen LogP contribution in [0.4, 0.5) is 0 Å². The number of esters is 3. The lowest BCUT2D eigenvalue weighted by Gasteiger charge is -2.33. The summed E-state index contributed by atoms with van der Waals surface area (Å²) < 4.78 is 28.3. The van der Waals surface area contributed by atoms with Crippen LogP contribution in [-0.4, -0.2) is 73.4 Å². The molecule has 6 atom stereocenters. The molecule has 0 amide bonds. The van der Waals surface area contributed by atoms with Crippen molar-refractivity contribution in [3.05, 3.63) is 0 Å². The van der Waals surface area contributed by atoms with Crippen LogP contribution in [0.15, 0.2) is 0 Å². The van der Waals surface area contributed by atoms with Crippen LogP contribution in [0.3, 0.4) is 0 Å². The lowest BCUT2D eigenvalue weighted by atomic mass is 9.86. The molecule has 0 aromatic rings. The van der Waals surface area contributed by atoms with Crippen LogP contribution < -0.4 is 0 Å². The highest BCUT2D eigenvalue weighted by Gasteiger charge is 2.48. The molecule has 5 rings (SSSR count). The number of ether oxygens (including phenoxy) is 5. The summed E-state index contributed by atoms with van der Waals surface area (Å²) in [7, 11) is 0. The van der Waals surface area contributed by atoms with Crippen LogP contribution in [0.5, 0.6) is 0 Å². The Morgan fingerprint density at radius 2 is 1.08 bits per heavy atom. The SMILES string of the molecule is CCC(COC(=O)C1CCC(O)CC1)(COC(=O)C1CCC2OC2C1)COC(=O)C1CCC2OC2C1. The summed E-state index contributed by atoms with van der Waals surface area (Å²) in [5.41, 5.74) is -0.810. The number of aliphatic hydroxyl groups is 1. The predicted molar refractivity (Wildman–Crippen MR) is 126 cm³/mol. The van der Waals surface area contributed by atoms with Crippen LogP contribution in [0.2, 0.25) is 0 Å². The van der Waals surface area contributed by atoms with Crippen molar-refractivity contribution in [2.45, 2.75) is 108 Å². The topological polar surface area (TPSA) is 124 Å². The average molecular weight is 509 g/mol. The first-order chi connectivity index (χ1) is 17.4. The van der Waals surface area contributed by atoms with Crippen LogP contribution in [0.1, 0.15) is 77.6 Å². The summed E-state index contributed by atoms with van der Waals surface area (Å²) >= 11 is 0. The van der Waals surface area contributed by atoms with Gasteiger partial charge in [0.05, 0.1) is 53.7 Å². The van der Waals surface area contributed by atoms with E-state index in [1.165, 1.54) is 0 Å². The van der Waals surface area contributed by atoms with Gasteiger partial charge in [-0.1, -0.05) is 6.92 Å². The first kappa shape index (κ1) is 25.9. The minimum absolute atomic E-state index is 0.0128. The highest BCUT2D eigenvalue weighted by molar-refractivity contribution is 5.74. The molecule has 0 aromatic heterocycles. The Labute approximate surface area is 212 Å². The van der Waals surface area contributed by atoms with E-state index >= 15 is 0 Å². The fourth-order valence-electron chi connectivity index (χ4n) is 6.01. The highest BCUT2D eigenvalue weighted by Crippen LogP contribution is 2.41. The second-order valence-corrected chi connectivity index (χ2v) is 11.6. The second kappa shape index (κ2) is 11.0. The largest absolute Gasteiger partial charge is 0.465 e. The molecule has 0 spiro atoms. The fourth-order valence-corrected chi connectivity index (χ4v) is 6.01. The molecule has 2 heterocycles. The highest BCUT2D eigenvalue weighted by atomic mass is 16.6. The molecule has 9 heteroatoms. The Kier molecular flexibility index (Phi) is 7.89. The normalized spacial score (nSPS) is 38.5. The van der Waals surface area contributed by atoms with Crippen molar-refractivity contribution >= 4 is 17.9 Å².